The van der Waals surface area contributed by atoms with Gasteiger partial charge in [0.2, 0.25) is 4.77 Å². The van der Waals surface area contributed by atoms with Crippen LogP contribution in [-0.2, 0) is 13.2 Å². The molecule has 28 heavy (non-hydrogen) atoms. The maximum atomic E-state index is 12.3. The van der Waals surface area contributed by atoms with E-state index >= 15 is 0 Å². The van der Waals surface area contributed by atoms with Gasteiger partial charge in [-0.15, -0.1) is 0 Å². The number of hydrogen-bond donors (Lipinski definition) is 1. The molecule has 0 spiro atoms. The molecule has 0 amide bonds. The smallest absolute Gasteiger partial charge is 0.258 e. The van der Waals surface area contributed by atoms with E-state index in [9.17, 15) is 4.79 Å². The van der Waals surface area contributed by atoms with E-state index < -0.39 is 0 Å². The van der Waals surface area contributed by atoms with Gasteiger partial charge in [0.1, 0.15) is 5.82 Å². The minimum Gasteiger partial charge on any atom is -0.309 e. The predicted octanol–water partition coefficient (Wildman–Crippen LogP) is 2.51. The number of nitrogens with zero attached hydrogens (tertiary/aromatic N) is 6. The molecule has 0 aliphatic carbocycles. The summed E-state index contributed by atoms with van der Waals surface area (Å²) in [6.07, 6.45) is 0. The molecule has 0 unspecified atom stereocenters. The third-order valence-electron chi connectivity index (χ3n) is 4.46. The molecule has 2 aromatic carbocycles. The van der Waals surface area contributed by atoms with E-state index in [1.165, 1.54) is 0 Å². The van der Waals surface area contributed by atoms with Gasteiger partial charge in [0.25, 0.3) is 5.56 Å². The van der Waals surface area contributed by atoms with Crippen LogP contribution in [-0.4, -0.2) is 41.2 Å². The highest BCUT2D eigenvalue weighted by atomic mass is 32.1. The molecule has 4 rings (SSSR count). The summed E-state index contributed by atoms with van der Waals surface area (Å²) in [6, 6.07) is 17.0. The van der Waals surface area contributed by atoms with Crippen LogP contribution >= 0.6 is 12.2 Å². The molecular weight excluding hydrogens is 374 g/mol. The summed E-state index contributed by atoms with van der Waals surface area (Å²) >= 11 is 5.52. The Bertz CT molecular complexity index is 1210. The zero-order valence-corrected chi connectivity index (χ0v) is 16.1. The summed E-state index contributed by atoms with van der Waals surface area (Å²) in [5.74, 6) is 0.604. The van der Waals surface area contributed by atoms with Gasteiger partial charge in [-0.25, -0.2) is 9.67 Å². The summed E-state index contributed by atoms with van der Waals surface area (Å²) < 4.78 is 3.79. The molecule has 0 bridgehead atoms. The molecule has 8 nitrogen and oxygen atoms in total. The maximum Gasteiger partial charge on any atom is 0.258 e. The molecule has 4 aromatic rings. The zero-order valence-electron chi connectivity index (χ0n) is 15.3. The van der Waals surface area contributed by atoms with E-state index in [1.54, 1.807) is 15.4 Å². The van der Waals surface area contributed by atoms with Gasteiger partial charge >= 0.3 is 0 Å². The molecule has 2 aromatic heterocycles. The van der Waals surface area contributed by atoms with Crippen molar-refractivity contribution in [1.29, 1.82) is 0 Å². The first-order valence-corrected chi connectivity index (χ1v) is 9.35. The number of nitrogens with one attached hydrogen (secondary N) is 1. The number of fused-ring (bicyclic) bond motifs is 1. The molecule has 9 heteroatoms. The minimum atomic E-state index is -0.136. The Morgan fingerprint density at radius 1 is 1.07 bits per heavy atom. The van der Waals surface area contributed by atoms with E-state index in [0.29, 0.717) is 34.7 Å². The molecule has 0 radical (unpaired) electrons. The van der Waals surface area contributed by atoms with Crippen molar-refractivity contribution < 1.29 is 0 Å². The Balaban J connectivity index is 1.57. The number of hydrogen-bond acceptors (Lipinski definition) is 6. The van der Waals surface area contributed by atoms with E-state index in [2.05, 4.69) is 25.3 Å². The minimum absolute atomic E-state index is 0.136. The second-order valence-electron chi connectivity index (χ2n) is 6.32. The average molecular weight is 393 g/mol. The third-order valence-corrected chi connectivity index (χ3v) is 4.84. The van der Waals surface area contributed by atoms with Crippen molar-refractivity contribution in [1.82, 2.24) is 34.7 Å². The van der Waals surface area contributed by atoms with Crippen molar-refractivity contribution in [2.45, 2.75) is 20.1 Å². The van der Waals surface area contributed by atoms with Crippen LogP contribution in [0.3, 0.4) is 0 Å². The quantitative estimate of drug-likeness (QED) is 0.507. The van der Waals surface area contributed by atoms with Crippen LogP contribution in [0, 0.1) is 4.77 Å². The van der Waals surface area contributed by atoms with Crippen LogP contribution < -0.4 is 5.56 Å². The number of benzene rings is 2. The first-order chi connectivity index (χ1) is 13.7. The number of aromatic amines is 1. The molecule has 0 saturated heterocycles. The molecule has 0 aliphatic rings. The first kappa shape index (κ1) is 18.2. The van der Waals surface area contributed by atoms with Gasteiger partial charge in [0.05, 0.1) is 29.8 Å². The topological polar surface area (TPSA) is 84.6 Å². The van der Waals surface area contributed by atoms with Crippen molar-refractivity contribution in [3.8, 4) is 5.69 Å². The molecule has 0 atom stereocenters. The molecule has 0 fully saturated rings. The number of tetrazole rings is 1. The van der Waals surface area contributed by atoms with Crippen LogP contribution in [0.4, 0.5) is 0 Å². The molecular formula is C19H19N7OS. The number of H-pyrrole nitrogens is 1. The first-order valence-electron chi connectivity index (χ1n) is 8.94. The summed E-state index contributed by atoms with van der Waals surface area (Å²) in [6.45, 7) is 3.68. The second kappa shape index (κ2) is 7.83. The van der Waals surface area contributed by atoms with Crippen molar-refractivity contribution in [3.05, 3.63) is 75.5 Å². The van der Waals surface area contributed by atoms with Crippen LogP contribution in [0.25, 0.3) is 16.6 Å². The van der Waals surface area contributed by atoms with Crippen molar-refractivity contribution in [2.75, 3.05) is 6.54 Å². The van der Waals surface area contributed by atoms with Crippen LogP contribution in [0.15, 0.2) is 59.4 Å². The largest absolute Gasteiger partial charge is 0.309 e. The highest BCUT2D eigenvalue weighted by molar-refractivity contribution is 7.71. The summed E-state index contributed by atoms with van der Waals surface area (Å²) in [5.41, 5.74) is 1.41. The van der Waals surface area contributed by atoms with Crippen molar-refractivity contribution in [3.63, 3.8) is 0 Å². The zero-order chi connectivity index (χ0) is 19.5. The Morgan fingerprint density at radius 3 is 2.61 bits per heavy atom. The summed E-state index contributed by atoms with van der Waals surface area (Å²) in [4.78, 5) is 21.8. The maximum absolute atomic E-state index is 12.3. The highest BCUT2D eigenvalue weighted by Gasteiger charge is 2.12. The number of aromatic nitrogens is 6. The van der Waals surface area contributed by atoms with Gasteiger partial charge in [-0.1, -0.05) is 37.3 Å². The molecule has 0 saturated carbocycles. The van der Waals surface area contributed by atoms with E-state index in [0.717, 1.165) is 12.2 Å². The van der Waals surface area contributed by atoms with E-state index in [1.807, 2.05) is 55.5 Å². The van der Waals surface area contributed by atoms with Crippen LogP contribution in [0.2, 0.25) is 0 Å². The average Bonchev–Trinajstić information content (AvgIpc) is 3.08. The third kappa shape index (κ3) is 3.62. The molecule has 1 N–H and O–H groups in total. The standard InChI is InChI=1S/C19H19N7OS/c1-2-24(12-17-20-16-11-7-6-10-15(16)18(27)21-17)13-25-19(28)26(23-22-25)14-8-4-3-5-9-14/h3-11H,2,12-13H2,1H3,(H,20,21,27). The molecule has 0 aliphatic heterocycles. The Labute approximate surface area is 166 Å². The second-order valence-corrected chi connectivity index (χ2v) is 6.69. The summed E-state index contributed by atoms with van der Waals surface area (Å²) in [5, 5.41) is 8.93. The Hall–Kier alpha value is -3.17. The fourth-order valence-corrected chi connectivity index (χ4v) is 3.20. The lowest BCUT2D eigenvalue weighted by Crippen LogP contribution is -2.28. The SMILES string of the molecule is CCN(Cc1nc2ccccc2c(=O)[nH]1)Cn1nnn(-c2ccccc2)c1=S. The van der Waals surface area contributed by atoms with Gasteiger partial charge in [-0.3, -0.25) is 9.69 Å². The van der Waals surface area contributed by atoms with Crippen molar-refractivity contribution >= 4 is 23.1 Å². The number of rotatable bonds is 6. The van der Waals surface area contributed by atoms with Gasteiger partial charge in [-0.05, 0) is 53.5 Å². The summed E-state index contributed by atoms with van der Waals surface area (Å²) in [7, 11) is 0. The van der Waals surface area contributed by atoms with E-state index in [4.69, 9.17) is 12.2 Å². The van der Waals surface area contributed by atoms with E-state index in [-0.39, 0.29) is 5.56 Å². The Kier molecular flexibility index (Phi) is 5.09. The predicted molar refractivity (Wildman–Crippen MR) is 109 cm³/mol. The Morgan fingerprint density at radius 2 is 1.82 bits per heavy atom. The van der Waals surface area contributed by atoms with Gasteiger partial charge in [0.15, 0.2) is 0 Å². The van der Waals surface area contributed by atoms with Gasteiger partial charge in [0, 0.05) is 0 Å². The lowest BCUT2D eigenvalue weighted by atomic mass is 10.2. The van der Waals surface area contributed by atoms with Gasteiger partial charge < -0.3 is 4.98 Å². The monoisotopic (exact) mass is 393 g/mol. The molecule has 142 valence electrons. The molecule has 2 heterocycles. The van der Waals surface area contributed by atoms with Crippen LogP contribution in [0.5, 0.6) is 0 Å². The van der Waals surface area contributed by atoms with Gasteiger partial charge in [-0.2, -0.15) is 4.68 Å². The lowest BCUT2D eigenvalue weighted by molar-refractivity contribution is 0.201. The number of para-hydroxylation sites is 2. The fraction of sp³-hybridized carbons (Fsp3) is 0.211. The van der Waals surface area contributed by atoms with Crippen LogP contribution in [0.1, 0.15) is 12.7 Å². The normalized spacial score (nSPS) is 11.4. The van der Waals surface area contributed by atoms with Crippen molar-refractivity contribution in [2.24, 2.45) is 0 Å². The lowest BCUT2D eigenvalue weighted by Gasteiger charge is -2.19. The highest BCUT2D eigenvalue weighted by Crippen LogP contribution is 2.09. The fourth-order valence-electron chi connectivity index (χ4n) is 2.97.